The van der Waals surface area contributed by atoms with Crippen LogP contribution in [0, 0.1) is 0 Å². The molecule has 0 radical (unpaired) electrons. The molecule has 0 fully saturated rings. The summed E-state index contributed by atoms with van der Waals surface area (Å²) in [5, 5.41) is 1.74. The molecule has 0 bridgehead atoms. The molecule has 60 valence electrons. The Morgan fingerprint density at radius 1 is 1.91 bits per heavy atom. The summed E-state index contributed by atoms with van der Waals surface area (Å²) in [6.45, 7) is 1.82. The Morgan fingerprint density at radius 3 is 3.09 bits per heavy atom. The molecule has 1 aromatic heterocycles. The first-order chi connectivity index (χ1) is 5.20. The van der Waals surface area contributed by atoms with E-state index in [0.29, 0.717) is 12.0 Å². The molecule has 11 heavy (non-hydrogen) atoms. The lowest BCUT2D eigenvalue weighted by atomic mass is 10.1. The molecular formula is C7H10N2OS. The first-order valence-corrected chi connectivity index (χ1v) is 4.22. The maximum Gasteiger partial charge on any atom is 0.166 e. The zero-order valence-corrected chi connectivity index (χ0v) is 7.10. The summed E-state index contributed by atoms with van der Waals surface area (Å²) in [6, 6.07) is -0.0672. The van der Waals surface area contributed by atoms with Crippen LogP contribution in [0.4, 0.5) is 0 Å². The molecule has 0 aliphatic heterocycles. The highest BCUT2D eigenvalue weighted by Crippen LogP contribution is 2.05. The fourth-order valence-corrected chi connectivity index (χ4v) is 1.29. The van der Waals surface area contributed by atoms with Crippen molar-refractivity contribution in [2.45, 2.75) is 19.4 Å². The van der Waals surface area contributed by atoms with Crippen LogP contribution in [0.15, 0.2) is 11.6 Å². The Kier molecular flexibility index (Phi) is 2.73. The number of ketones is 1. The molecule has 3 nitrogen and oxygen atoms in total. The lowest BCUT2D eigenvalue weighted by Crippen LogP contribution is -2.19. The van der Waals surface area contributed by atoms with Gasteiger partial charge in [0, 0.05) is 23.4 Å². The minimum absolute atomic E-state index is 0.0672. The second-order valence-corrected chi connectivity index (χ2v) is 3.18. The summed E-state index contributed by atoms with van der Waals surface area (Å²) in [6.07, 6.45) is 1.98. The smallest absolute Gasteiger partial charge is 0.166 e. The summed E-state index contributed by atoms with van der Waals surface area (Å²) in [4.78, 5) is 11.2. The van der Waals surface area contributed by atoms with Gasteiger partial charge >= 0.3 is 0 Å². The Labute approximate surface area is 69.4 Å². The third-order valence-electron chi connectivity index (χ3n) is 1.26. The average Bonchev–Trinajstić information content (AvgIpc) is 2.35. The van der Waals surface area contributed by atoms with E-state index in [4.69, 9.17) is 5.73 Å². The molecule has 0 amide bonds. The van der Waals surface area contributed by atoms with Crippen LogP contribution in [0.3, 0.4) is 0 Å². The van der Waals surface area contributed by atoms with E-state index in [0.717, 1.165) is 0 Å². The maximum absolute atomic E-state index is 11.2. The summed E-state index contributed by atoms with van der Waals surface area (Å²) < 4.78 is 3.83. The summed E-state index contributed by atoms with van der Waals surface area (Å²) in [5.74, 6) is 0.0775. The van der Waals surface area contributed by atoms with E-state index in [-0.39, 0.29) is 11.8 Å². The van der Waals surface area contributed by atoms with Gasteiger partial charge in [0.25, 0.3) is 0 Å². The highest BCUT2D eigenvalue weighted by atomic mass is 32.1. The lowest BCUT2D eigenvalue weighted by Gasteiger charge is -2.00. The van der Waals surface area contributed by atoms with Crippen molar-refractivity contribution in [2.24, 2.45) is 5.73 Å². The number of aromatic nitrogens is 1. The van der Waals surface area contributed by atoms with Gasteiger partial charge in [-0.05, 0) is 18.5 Å². The Bertz CT molecular complexity index is 231. The third kappa shape index (κ3) is 2.40. The van der Waals surface area contributed by atoms with Crippen molar-refractivity contribution in [2.75, 3.05) is 0 Å². The standard InChI is InChI=1S/C7H10N2OS/c1-5(8)2-7(10)6-3-9-11-4-6/h3-5H,2,8H2,1H3. The van der Waals surface area contributed by atoms with Crippen molar-refractivity contribution in [3.05, 3.63) is 17.1 Å². The number of carbonyl (C=O) groups is 1. The van der Waals surface area contributed by atoms with E-state index in [1.165, 1.54) is 11.5 Å². The van der Waals surface area contributed by atoms with Crippen LogP contribution < -0.4 is 5.73 Å². The van der Waals surface area contributed by atoms with Gasteiger partial charge in [-0.3, -0.25) is 4.79 Å². The van der Waals surface area contributed by atoms with Crippen LogP contribution in [-0.4, -0.2) is 16.2 Å². The third-order valence-corrected chi connectivity index (χ3v) is 1.85. The van der Waals surface area contributed by atoms with Crippen molar-refractivity contribution >= 4 is 17.3 Å². The van der Waals surface area contributed by atoms with Crippen molar-refractivity contribution in [3.8, 4) is 0 Å². The van der Waals surface area contributed by atoms with Crippen LogP contribution in [0.1, 0.15) is 23.7 Å². The fourth-order valence-electron chi connectivity index (χ4n) is 0.753. The topological polar surface area (TPSA) is 56.0 Å². The average molecular weight is 170 g/mol. The maximum atomic E-state index is 11.2. The van der Waals surface area contributed by atoms with Crippen molar-refractivity contribution in [3.63, 3.8) is 0 Å². The van der Waals surface area contributed by atoms with Crippen LogP contribution >= 0.6 is 11.5 Å². The van der Waals surface area contributed by atoms with Crippen molar-refractivity contribution < 1.29 is 4.79 Å². The van der Waals surface area contributed by atoms with Gasteiger partial charge in [-0.1, -0.05) is 0 Å². The van der Waals surface area contributed by atoms with Crippen LogP contribution in [0.25, 0.3) is 0 Å². The predicted molar refractivity (Wildman–Crippen MR) is 44.7 cm³/mol. The fraction of sp³-hybridized carbons (Fsp3) is 0.429. The van der Waals surface area contributed by atoms with Gasteiger partial charge in [0.05, 0.1) is 6.20 Å². The molecule has 1 aromatic rings. The van der Waals surface area contributed by atoms with Gasteiger partial charge in [0.1, 0.15) is 0 Å². The molecule has 0 aromatic carbocycles. The largest absolute Gasteiger partial charge is 0.328 e. The molecule has 1 atom stereocenters. The van der Waals surface area contributed by atoms with Gasteiger partial charge < -0.3 is 5.73 Å². The van der Waals surface area contributed by atoms with Gasteiger partial charge in [-0.2, -0.15) is 0 Å². The van der Waals surface area contributed by atoms with E-state index < -0.39 is 0 Å². The van der Waals surface area contributed by atoms with Gasteiger partial charge in [-0.25, -0.2) is 4.37 Å². The van der Waals surface area contributed by atoms with E-state index in [1.807, 2.05) is 6.92 Å². The van der Waals surface area contributed by atoms with Gasteiger partial charge in [0.15, 0.2) is 5.78 Å². The van der Waals surface area contributed by atoms with Crippen LogP contribution in [0.2, 0.25) is 0 Å². The molecule has 0 saturated carbocycles. The van der Waals surface area contributed by atoms with E-state index in [2.05, 4.69) is 4.37 Å². The molecule has 0 aliphatic carbocycles. The molecular weight excluding hydrogens is 160 g/mol. The zero-order chi connectivity index (χ0) is 8.27. The van der Waals surface area contributed by atoms with Crippen molar-refractivity contribution in [1.29, 1.82) is 0 Å². The molecule has 0 spiro atoms. The number of hydrogen-bond acceptors (Lipinski definition) is 4. The van der Waals surface area contributed by atoms with Crippen LogP contribution in [-0.2, 0) is 0 Å². The lowest BCUT2D eigenvalue weighted by molar-refractivity contribution is 0.0977. The number of nitrogens with zero attached hydrogens (tertiary/aromatic N) is 1. The van der Waals surface area contributed by atoms with Crippen molar-refractivity contribution in [1.82, 2.24) is 4.37 Å². The Balaban J connectivity index is 2.57. The first-order valence-electron chi connectivity index (χ1n) is 3.38. The van der Waals surface area contributed by atoms with E-state index in [1.54, 1.807) is 11.6 Å². The number of Topliss-reactive ketones (excluding diaryl/α,β-unsaturated/α-hetero) is 1. The first kappa shape index (κ1) is 8.36. The minimum atomic E-state index is -0.0672. The SMILES string of the molecule is CC(N)CC(=O)c1cnsc1. The molecule has 0 saturated heterocycles. The number of carbonyl (C=O) groups excluding carboxylic acids is 1. The quantitative estimate of drug-likeness (QED) is 0.690. The summed E-state index contributed by atoms with van der Waals surface area (Å²) in [5.41, 5.74) is 6.13. The summed E-state index contributed by atoms with van der Waals surface area (Å²) in [7, 11) is 0. The normalized spacial score (nSPS) is 12.9. The van der Waals surface area contributed by atoms with Gasteiger partial charge in [0.2, 0.25) is 0 Å². The monoisotopic (exact) mass is 170 g/mol. The number of hydrogen-bond donors (Lipinski definition) is 1. The highest BCUT2D eigenvalue weighted by molar-refractivity contribution is 7.03. The molecule has 4 heteroatoms. The molecule has 1 heterocycles. The van der Waals surface area contributed by atoms with E-state index >= 15 is 0 Å². The Morgan fingerprint density at radius 2 is 2.64 bits per heavy atom. The zero-order valence-electron chi connectivity index (χ0n) is 6.28. The molecule has 1 rings (SSSR count). The number of nitrogens with two attached hydrogens (primary N) is 1. The van der Waals surface area contributed by atoms with Gasteiger partial charge in [-0.15, -0.1) is 0 Å². The molecule has 1 unspecified atom stereocenters. The Hall–Kier alpha value is -0.740. The minimum Gasteiger partial charge on any atom is -0.328 e. The van der Waals surface area contributed by atoms with E-state index in [9.17, 15) is 4.79 Å². The molecule has 0 aliphatic rings. The summed E-state index contributed by atoms with van der Waals surface area (Å²) >= 11 is 1.28. The second-order valence-electron chi connectivity index (χ2n) is 2.52. The second kappa shape index (κ2) is 3.59. The number of rotatable bonds is 3. The highest BCUT2D eigenvalue weighted by Gasteiger charge is 2.08. The van der Waals surface area contributed by atoms with Crippen LogP contribution in [0.5, 0.6) is 0 Å². The predicted octanol–water partition coefficient (Wildman–Crippen LogP) is 1.06. The molecule has 2 N–H and O–H groups in total.